The van der Waals surface area contributed by atoms with Crippen molar-refractivity contribution in [3.05, 3.63) is 77.1 Å². The first-order valence-electron chi connectivity index (χ1n) is 7.34. The third-order valence-electron chi connectivity index (χ3n) is 3.69. The van der Waals surface area contributed by atoms with E-state index in [4.69, 9.17) is 4.74 Å². The average molecular weight is 307 g/mol. The quantitative estimate of drug-likeness (QED) is 0.657. The number of hydrogen-bond donors (Lipinski definition) is 0. The van der Waals surface area contributed by atoms with E-state index in [9.17, 15) is 4.79 Å². The lowest BCUT2D eigenvalue weighted by molar-refractivity contribution is 0.111. The Hall–Kier alpha value is -2.95. The van der Waals surface area contributed by atoms with Crippen molar-refractivity contribution in [2.45, 2.75) is 13.0 Å². The number of rotatable bonds is 6. The van der Waals surface area contributed by atoms with E-state index in [1.54, 1.807) is 11.8 Å². The van der Waals surface area contributed by atoms with Gasteiger partial charge in [0.25, 0.3) is 0 Å². The standard InChI is InChI=1S/C18H17N3O2/c1-23-16-9-7-14(8-10-16)11-18-17(13-22)19-20-21(18)12-15-5-3-2-4-6-15/h2-10,13H,11-12H2,1H3. The van der Waals surface area contributed by atoms with E-state index in [1.807, 2.05) is 54.6 Å². The first-order chi connectivity index (χ1) is 11.3. The summed E-state index contributed by atoms with van der Waals surface area (Å²) in [4.78, 5) is 11.2. The van der Waals surface area contributed by atoms with Gasteiger partial charge in [0.2, 0.25) is 0 Å². The molecule has 3 rings (SSSR count). The van der Waals surface area contributed by atoms with E-state index in [1.165, 1.54) is 0 Å². The number of methoxy groups -OCH3 is 1. The molecule has 1 heterocycles. The second-order valence-electron chi connectivity index (χ2n) is 5.21. The second-order valence-corrected chi connectivity index (χ2v) is 5.21. The molecule has 0 aliphatic heterocycles. The number of carbonyl (C=O) groups excluding carboxylic acids is 1. The van der Waals surface area contributed by atoms with Crippen LogP contribution in [0.1, 0.15) is 27.3 Å². The van der Waals surface area contributed by atoms with Gasteiger partial charge in [0.15, 0.2) is 6.29 Å². The van der Waals surface area contributed by atoms with Crippen molar-refractivity contribution in [2.75, 3.05) is 7.11 Å². The minimum absolute atomic E-state index is 0.386. The highest BCUT2D eigenvalue weighted by Crippen LogP contribution is 2.16. The number of carbonyl (C=O) groups is 1. The van der Waals surface area contributed by atoms with Gasteiger partial charge in [0.1, 0.15) is 11.4 Å². The highest BCUT2D eigenvalue weighted by molar-refractivity contribution is 5.73. The third-order valence-corrected chi connectivity index (χ3v) is 3.69. The lowest BCUT2D eigenvalue weighted by Gasteiger charge is -2.08. The number of hydrogen-bond acceptors (Lipinski definition) is 4. The highest BCUT2D eigenvalue weighted by Gasteiger charge is 2.13. The monoisotopic (exact) mass is 307 g/mol. The van der Waals surface area contributed by atoms with Crippen molar-refractivity contribution in [2.24, 2.45) is 0 Å². The molecule has 0 aliphatic carbocycles. The number of aromatic nitrogens is 3. The van der Waals surface area contributed by atoms with Gasteiger partial charge in [-0.2, -0.15) is 0 Å². The van der Waals surface area contributed by atoms with E-state index in [-0.39, 0.29) is 0 Å². The Morgan fingerprint density at radius 2 is 1.78 bits per heavy atom. The molecular formula is C18H17N3O2. The summed E-state index contributed by atoms with van der Waals surface area (Å²) in [6.45, 7) is 0.590. The molecule has 0 spiro atoms. The predicted molar refractivity (Wildman–Crippen MR) is 86.8 cm³/mol. The van der Waals surface area contributed by atoms with Gasteiger partial charge in [-0.1, -0.05) is 47.7 Å². The van der Waals surface area contributed by atoms with Crippen LogP contribution in [0.25, 0.3) is 0 Å². The van der Waals surface area contributed by atoms with Crippen molar-refractivity contribution in [1.82, 2.24) is 15.0 Å². The van der Waals surface area contributed by atoms with Gasteiger partial charge in [0, 0.05) is 6.42 Å². The van der Waals surface area contributed by atoms with Gasteiger partial charge in [-0.15, -0.1) is 5.10 Å². The Labute approximate surface area is 134 Å². The molecule has 3 aromatic rings. The van der Waals surface area contributed by atoms with Crippen molar-refractivity contribution < 1.29 is 9.53 Å². The molecule has 0 atom stereocenters. The zero-order valence-corrected chi connectivity index (χ0v) is 12.8. The molecule has 0 saturated heterocycles. The first kappa shape index (κ1) is 15.0. The maximum atomic E-state index is 11.2. The van der Waals surface area contributed by atoms with Crippen LogP contribution in [-0.2, 0) is 13.0 Å². The van der Waals surface area contributed by atoms with Crippen molar-refractivity contribution >= 4 is 6.29 Å². The van der Waals surface area contributed by atoms with E-state index in [0.29, 0.717) is 18.7 Å². The Balaban J connectivity index is 1.87. The zero-order valence-electron chi connectivity index (χ0n) is 12.8. The second kappa shape index (κ2) is 6.87. The molecule has 0 unspecified atom stereocenters. The molecule has 0 fully saturated rings. The van der Waals surface area contributed by atoms with Crippen molar-refractivity contribution in [3.63, 3.8) is 0 Å². The molecule has 0 bridgehead atoms. The van der Waals surface area contributed by atoms with Crippen molar-refractivity contribution in [3.8, 4) is 5.75 Å². The van der Waals surface area contributed by atoms with Crippen LogP contribution in [0.3, 0.4) is 0 Å². The molecule has 116 valence electrons. The number of benzene rings is 2. The largest absolute Gasteiger partial charge is 0.497 e. The van der Waals surface area contributed by atoms with Gasteiger partial charge in [-0.05, 0) is 23.3 Å². The number of nitrogens with zero attached hydrogens (tertiary/aromatic N) is 3. The van der Waals surface area contributed by atoms with Crippen LogP contribution in [0.2, 0.25) is 0 Å². The lowest BCUT2D eigenvalue weighted by atomic mass is 10.1. The number of ether oxygens (including phenoxy) is 1. The fraction of sp³-hybridized carbons (Fsp3) is 0.167. The summed E-state index contributed by atoms with van der Waals surface area (Å²) in [5, 5.41) is 8.10. The summed E-state index contributed by atoms with van der Waals surface area (Å²) >= 11 is 0. The fourth-order valence-electron chi connectivity index (χ4n) is 2.44. The molecule has 0 radical (unpaired) electrons. The van der Waals surface area contributed by atoms with Crippen LogP contribution in [0.5, 0.6) is 5.75 Å². The van der Waals surface area contributed by atoms with Crippen LogP contribution >= 0.6 is 0 Å². The van der Waals surface area contributed by atoms with E-state index in [0.717, 1.165) is 28.9 Å². The minimum Gasteiger partial charge on any atom is -0.497 e. The van der Waals surface area contributed by atoms with Crippen molar-refractivity contribution in [1.29, 1.82) is 0 Å². The smallest absolute Gasteiger partial charge is 0.172 e. The summed E-state index contributed by atoms with van der Waals surface area (Å²) in [6, 6.07) is 17.8. The molecule has 0 N–H and O–H groups in total. The summed E-state index contributed by atoms with van der Waals surface area (Å²) in [5.74, 6) is 0.806. The van der Waals surface area contributed by atoms with Gasteiger partial charge in [-0.25, -0.2) is 4.68 Å². The van der Waals surface area contributed by atoms with Crippen LogP contribution in [0.15, 0.2) is 54.6 Å². The highest BCUT2D eigenvalue weighted by atomic mass is 16.5. The average Bonchev–Trinajstić information content (AvgIpc) is 2.98. The van der Waals surface area contributed by atoms with Crippen LogP contribution in [0, 0.1) is 0 Å². The Bertz CT molecular complexity index is 780. The molecule has 23 heavy (non-hydrogen) atoms. The molecular weight excluding hydrogens is 290 g/mol. The zero-order chi connectivity index (χ0) is 16.1. The van der Waals surface area contributed by atoms with Gasteiger partial charge >= 0.3 is 0 Å². The Morgan fingerprint density at radius 1 is 1.04 bits per heavy atom. The molecule has 2 aromatic carbocycles. The van der Waals surface area contributed by atoms with Crippen LogP contribution < -0.4 is 4.74 Å². The van der Waals surface area contributed by atoms with Crippen LogP contribution in [0.4, 0.5) is 0 Å². The molecule has 5 nitrogen and oxygen atoms in total. The van der Waals surface area contributed by atoms with E-state index < -0.39 is 0 Å². The normalized spacial score (nSPS) is 10.5. The lowest BCUT2D eigenvalue weighted by Crippen LogP contribution is -2.08. The maximum Gasteiger partial charge on any atom is 0.172 e. The van der Waals surface area contributed by atoms with E-state index >= 15 is 0 Å². The molecule has 1 aromatic heterocycles. The first-order valence-corrected chi connectivity index (χ1v) is 7.34. The van der Waals surface area contributed by atoms with Gasteiger partial charge < -0.3 is 4.74 Å². The molecule has 0 amide bonds. The van der Waals surface area contributed by atoms with Crippen LogP contribution in [-0.4, -0.2) is 28.4 Å². The predicted octanol–water partition coefficient (Wildman–Crippen LogP) is 2.74. The summed E-state index contributed by atoms with van der Waals surface area (Å²) in [7, 11) is 1.64. The van der Waals surface area contributed by atoms with Gasteiger partial charge in [-0.3, -0.25) is 4.79 Å². The Kier molecular flexibility index (Phi) is 4.47. The topological polar surface area (TPSA) is 57.0 Å². The summed E-state index contributed by atoms with van der Waals surface area (Å²) < 4.78 is 6.95. The maximum absolute atomic E-state index is 11.2. The molecule has 5 heteroatoms. The summed E-state index contributed by atoms with van der Waals surface area (Å²) in [6.07, 6.45) is 1.35. The fourth-order valence-corrected chi connectivity index (χ4v) is 2.44. The van der Waals surface area contributed by atoms with Gasteiger partial charge in [0.05, 0.1) is 19.3 Å². The third kappa shape index (κ3) is 3.45. The Morgan fingerprint density at radius 3 is 2.43 bits per heavy atom. The molecule has 0 aliphatic rings. The number of aldehydes is 1. The van der Waals surface area contributed by atoms with E-state index in [2.05, 4.69) is 10.3 Å². The SMILES string of the molecule is COc1ccc(Cc2c(C=O)nnn2Cc2ccccc2)cc1. The minimum atomic E-state index is 0.386. The summed E-state index contributed by atoms with van der Waals surface area (Å²) in [5.41, 5.74) is 3.39. The molecule has 0 saturated carbocycles.